The van der Waals surface area contributed by atoms with Gasteiger partial charge in [-0.25, -0.2) is 9.79 Å². The van der Waals surface area contributed by atoms with Crippen LogP contribution in [0.15, 0.2) is 71.5 Å². The fourth-order valence-electron chi connectivity index (χ4n) is 3.16. The second kappa shape index (κ2) is 7.87. The number of cyclic esters (lactones) is 1. The second-order valence-electron chi connectivity index (χ2n) is 7.01. The molecule has 148 valence electrons. The van der Waals surface area contributed by atoms with E-state index < -0.39 is 17.5 Å². The van der Waals surface area contributed by atoms with Crippen molar-refractivity contribution in [2.24, 2.45) is 4.99 Å². The van der Waals surface area contributed by atoms with Crippen LogP contribution in [0.3, 0.4) is 0 Å². The smallest absolute Gasteiger partial charge is 0.363 e. The minimum atomic E-state index is -1.32. The molecule has 0 bridgehead atoms. The topological polar surface area (TPSA) is 69.9 Å². The standard InChI is InChI=1S/C22H21N3O3S/c1-15-8-10-16(11-9-15)21-23-19(22(26)28-21)13-12-17-14-25(29(27)24(2)3)20-7-5-4-6-18(17)20/h4-11,13-14H,12H2,1-3H3/b19-13-. The monoisotopic (exact) mass is 407 g/mol. The fourth-order valence-corrected chi connectivity index (χ4v) is 4.06. The van der Waals surface area contributed by atoms with E-state index in [0.717, 1.165) is 27.6 Å². The van der Waals surface area contributed by atoms with Crippen molar-refractivity contribution in [3.63, 3.8) is 0 Å². The Kier molecular flexibility index (Phi) is 5.27. The molecule has 3 aromatic rings. The van der Waals surface area contributed by atoms with Gasteiger partial charge < -0.3 is 9.29 Å². The third kappa shape index (κ3) is 3.85. The lowest BCUT2D eigenvalue weighted by molar-refractivity contribution is -0.130. The van der Waals surface area contributed by atoms with E-state index in [1.54, 1.807) is 28.4 Å². The number of hydrogen-bond donors (Lipinski definition) is 0. The molecule has 1 aromatic heterocycles. The minimum Gasteiger partial charge on any atom is -0.573 e. The van der Waals surface area contributed by atoms with Gasteiger partial charge in [-0.05, 0) is 43.2 Å². The molecular formula is C22H21N3O3S. The molecule has 0 fully saturated rings. The summed E-state index contributed by atoms with van der Waals surface area (Å²) >= 11 is -1.32. The van der Waals surface area contributed by atoms with Crippen molar-refractivity contribution in [1.29, 1.82) is 0 Å². The third-order valence-electron chi connectivity index (χ3n) is 4.68. The molecule has 0 amide bonds. The molecule has 0 spiro atoms. The molecule has 1 aliphatic rings. The predicted molar refractivity (Wildman–Crippen MR) is 115 cm³/mol. The highest BCUT2D eigenvalue weighted by molar-refractivity contribution is 7.87. The number of carbonyl (C=O) groups excluding carboxylic acids is 1. The second-order valence-corrected chi connectivity index (χ2v) is 8.59. The third-order valence-corrected chi connectivity index (χ3v) is 5.94. The van der Waals surface area contributed by atoms with Crippen LogP contribution < -0.4 is 0 Å². The van der Waals surface area contributed by atoms with E-state index in [4.69, 9.17) is 4.74 Å². The molecular weight excluding hydrogens is 386 g/mol. The van der Waals surface area contributed by atoms with E-state index in [1.807, 2.05) is 61.7 Å². The molecule has 1 atom stereocenters. The maximum Gasteiger partial charge on any atom is 0.363 e. The van der Waals surface area contributed by atoms with Crippen molar-refractivity contribution in [3.05, 3.63) is 83.2 Å². The molecule has 6 nitrogen and oxygen atoms in total. The molecule has 2 heterocycles. The number of ether oxygens (including phenoxy) is 1. The van der Waals surface area contributed by atoms with E-state index in [-0.39, 0.29) is 5.70 Å². The van der Waals surface area contributed by atoms with Crippen LogP contribution in [0.4, 0.5) is 0 Å². The molecule has 4 rings (SSSR count). The van der Waals surface area contributed by atoms with Gasteiger partial charge in [0.25, 0.3) is 0 Å². The van der Waals surface area contributed by atoms with E-state index >= 15 is 0 Å². The summed E-state index contributed by atoms with van der Waals surface area (Å²) < 4.78 is 21.3. The van der Waals surface area contributed by atoms with Crippen LogP contribution >= 0.6 is 0 Å². The summed E-state index contributed by atoms with van der Waals surface area (Å²) in [5.74, 6) is -0.140. The summed E-state index contributed by atoms with van der Waals surface area (Å²) in [6.45, 7) is 2.00. The Bertz CT molecular complexity index is 1130. The summed E-state index contributed by atoms with van der Waals surface area (Å²) in [7, 11) is 3.53. The van der Waals surface area contributed by atoms with Crippen LogP contribution in [0, 0.1) is 6.92 Å². The van der Waals surface area contributed by atoms with Crippen molar-refractivity contribution in [3.8, 4) is 0 Å². The van der Waals surface area contributed by atoms with E-state index in [9.17, 15) is 9.35 Å². The first-order chi connectivity index (χ1) is 13.9. The number of para-hydroxylation sites is 1. The van der Waals surface area contributed by atoms with Crippen molar-refractivity contribution >= 4 is 34.3 Å². The zero-order valence-electron chi connectivity index (χ0n) is 16.5. The number of carbonyl (C=O) groups is 1. The molecule has 1 aliphatic heterocycles. The number of fused-ring (bicyclic) bond motifs is 1. The lowest BCUT2D eigenvalue weighted by Gasteiger charge is -2.15. The molecule has 0 aliphatic carbocycles. The summed E-state index contributed by atoms with van der Waals surface area (Å²) in [6.07, 6.45) is 4.10. The highest BCUT2D eigenvalue weighted by Crippen LogP contribution is 2.25. The molecule has 2 aromatic carbocycles. The molecule has 0 radical (unpaired) electrons. The van der Waals surface area contributed by atoms with Crippen LogP contribution in [-0.4, -0.2) is 38.8 Å². The van der Waals surface area contributed by atoms with Crippen LogP contribution in [0.5, 0.6) is 0 Å². The summed E-state index contributed by atoms with van der Waals surface area (Å²) in [5.41, 5.74) is 4.03. The van der Waals surface area contributed by atoms with Gasteiger partial charge >= 0.3 is 5.97 Å². The van der Waals surface area contributed by atoms with Crippen molar-refractivity contribution in [2.75, 3.05) is 14.1 Å². The largest absolute Gasteiger partial charge is 0.573 e. The van der Waals surface area contributed by atoms with Gasteiger partial charge in [0.05, 0.1) is 11.7 Å². The first-order valence-electron chi connectivity index (χ1n) is 9.21. The Morgan fingerprint density at radius 2 is 1.90 bits per heavy atom. The number of aliphatic imine (C=N–C) groups is 1. The maximum absolute atomic E-state index is 12.6. The average Bonchev–Trinajstić information content (AvgIpc) is 3.27. The van der Waals surface area contributed by atoms with E-state index in [0.29, 0.717) is 12.3 Å². The molecule has 7 heteroatoms. The number of allylic oxidation sites excluding steroid dienone is 1. The molecule has 0 saturated carbocycles. The van der Waals surface area contributed by atoms with E-state index in [1.165, 1.54) is 0 Å². The Hall–Kier alpha value is -2.87. The maximum atomic E-state index is 12.6. The van der Waals surface area contributed by atoms with Crippen molar-refractivity contribution in [2.45, 2.75) is 13.3 Å². The average molecular weight is 407 g/mol. The Balaban J connectivity index is 1.64. The van der Waals surface area contributed by atoms with E-state index in [2.05, 4.69) is 4.99 Å². The van der Waals surface area contributed by atoms with Gasteiger partial charge in [-0.3, -0.25) is 0 Å². The molecule has 0 N–H and O–H groups in total. The first-order valence-corrected chi connectivity index (χ1v) is 10.3. The highest BCUT2D eigenvalue weighted by atomic mass is 32.2. The predicted octanol–water partition coefficient (Wildman–Crippen LogP) is 3.37. The van der Waals surface area contributed by atoms with Crippen LogP contribution in [0.1, 0.15) is 16.7 Å². The lowest BCUT2D eigenvalue weighted by atomic mass is 10.1. The van der Waals surface area contributed by atoms with Gasteiger partial charge in [-0.2, -0.15) is 3.97 Å². The van der Waals surface area contributed by atoms with Gasteiger partial charge in [0.2, 0.25) is 5.90 Å². The zero-order valence-corrected chi connectivity index (χ0v) is 17.3. The SMILES string of the molecule is Cc1ccc(C2=N/C(=C\Cc3cn([S+]([O-])N(C)C)c4ccccc34)C(=O)O2)cc1. The molecule has 29 heavy (non-hydrogen) atoms. The highest BCUT2D eigenvalue weighted by Gasteiger charge is 2.24. The van der Waals surface area contributed by atoms with Gasteiger partial charge in [0.15, 0.2) is 11.5 Å². The summed E-state index contributed by atoms with van der Waals surface area (Å²) in [5, 5.41) is 0.994. The van der Waals surface area contributed by atoms with Crippen LogP contribution in [0.25, 0.3) is 10.9 Å². The lowest BCUT2D eigenvalue weighted by Crippen LogP contribution is -2.28. The number of aryl methyl sites for hydroxylation is 1. The Morgan fingerprint density at radius 3 is 2.62 bits per heavy atom. The van der Waals surface area contributed by atoms with Gasteiger partial charge in [-0.1, -0.05) is 35.9 Å². The van der Waals surface area contributed by atoms with Gasteiger partial charge in [-0.15, -0.1) is 4.31 Å². The van der Waals surface area contributed by atoms with Crippen LogP contribution in [0.2, 0.25) is 0 Å². The van der Waals surface area contributed by atoms with Gasteiger partial charge in [0.1, 0.15) is 5.70 Å². The number of rotatable bonds is 5. The van der Waals surface area contributed by atoms with Crippen molar-refractivity contribution < 1.29 is 14.1 Å². The van der Waals surface area contributed by atoms with Crippen LogP contribution in [-0.2, 0) is 27.5 Å². The Morgan fingerprint density at radius 1 is 1.17 bits per heavy atom. The number of aromatic nitrogens is 1. The summed E-state index contributed by atoms with van der Waals surface area (Å²) in [6, 6.07) is 15.5. The normalized spacial score (nSPS) is 16.5. The number of esters is 1. The number of hydrogen-bond acceptors (Lipinski definition) is 5. The minimum absolute atomic E-state index is 0.283. The quantitative estimate of drug-likeness (QED) is 0.369. The number of benzene rings is 2. The number of nitrogens with zero attached hydrogens (tertiary/aromatic N) is 3. The van der Waals surface area contributed by atoms with Gasteiger partial charge in [0, 0.05) is 25.0 Å². The zero-order chi connectivity index (χ0) is 20.5. The fraction of sp³-hybridized carbons (Fsp3) is 0.182. The Labute approximate surface area is 172 Å². The molecule has 1 unspecified atom stereocenters. The first kappa shape index (κ1) is 19.4. The summed E-state index contributed by atoms with van der Waals surface area (Å²) in [4.78, 5) is 16.6. The molecule has 0 saturated heterocycles. The van der Waals surface area contributed by atoms with Crippen molar-refractivity contribution in [1.82, 2.24) is 8.28 Å².